The van der Waals surface area contributed by atoms with Crippen molar-refractivity contribution < 1.29 is 9.90 Å². The van der Waals surface area contributed by atoms with Gasteiger partial charge in [-0.25, -0.2) is 0 Å². The molecule has 110 valence electrons. The Balaban J connectivity index is 1.72. The van der Waals surface area contributed by atoms with Crippen LogP contribution in [0.4, 0.5) is 0 Å². The Kier molecular flexibility index (Phi) is 6.02. The first-order valence-corrected chi connectivity index (χ1v) is 7.44. The molecule has 2 N–H and O–H groups in total. The van der Waals surface area contributed by atoms with Gasteiger partial charge >= 0.3 is 0 Å². The summed E-state index contributed by atoms with van der Waals surface area (Å²) in [7, 11) is 0. The molecule has 1 atom stereocenters. The Morgan fingerprint density at radius 3 is 2.60 bits per heavy atom. The molecule has 20 heavy (non-hydrogen) atoms. The molecule has 1 saturated heterocycles. The summed E-state index contributed by atoms with van der Waals surface area (Å²) in [5, 5.41) is 12.3. The lowest BCUT2D eigenvalue weighted by molar-refractivity contribution is -0.122. The molecule has 1 aromatic carbocycles. The minimum Gasteiger partial charge on any atom is -0.394 e. The summed E-state index contributed by atoms with van der Waals surface area (Å²) in [5.74, 6) is 0.0341. The average Bonchev–Trinajstić information content (AvgIpc) is 2.99. The standard InChI is InChI=1S/C16H24N2O2/c19-13-15(12-14-6-2-1-3-7-14)17-16(20)8-11-18-9-4-5-10-18/h1-3,6-7,15,19H,4-5,8-13H2,(H,17,20)/t15-/m0/s1. The van der Waals surface area contributed by atoms with Gasteiger partial charge in [0.2, 0.25) is 5.91 Å². The first-order valence-electron chi connectivity index (χ1n) is 7.44. The third kappa shape index (κ3) is 4.94. The molecule has 0 bridgehead atoms. The van der Waals surface area contributed by atoms with Crippen LogP contribution in [0.1, 0.15) is 24.8 Å². The van der Waals surface area contributed by atoms with Gasteiger partial charge in [-0.05, 0) is 37.9 Å². The number of benzene rings is 1. The van der Waals surface area contributed by atoms with Gasteiger partial charge in [-0.3, -0.25) is 4.79 Å². The molecule has 1 aliphatic rings. The van der Waals surface area contributed by atoms with Crippen LogP contribution in [-0.2, 0) is 11.2 Å². The number of aliphatic hydroxyl groups excluding tert-OH is 1. The number of hydrogen-bond donors (Lipinski definition) is 2. The maximum Gasteiger partial charge on any atom is 0.221 e. The highest BCUT2D eigenvalue weighted by Gasteiger charge is 2.15. The molecule has 4 heteroatoms. The smallest absolute Gasteiger partial charge is 0.221 e. The van der Waals surface area contributed by atoms with E-state index in [-0.39, 0.29) is 18.6 Å². The van der Waals surface area contributed by atoms with Crippen molar-refractivity contribution in [2.75, 3.05) is 26.2 Å². The highest BCUT2D eigenvalue weighted by Crippen LogP contribution is 2.07. The van der Waals surface area contributed by atoms with Gasteiger partial charge in [-0.1, -0.05) is 30.3 Å². The van der Waals surface area contributed by atoms with Crippen LogP contribution in [0.5, 0.6) is 0 Å². The molecule has 1 fully saturated rings. The lowest BCUT2D eigenvalue weighted by Gasteiger charge is -2.18. The molecule has 1 amide bonds. The van der Waals surface area contributed by atoms with E-state index in [0.29, 0.717) is 12.8 Å². The van der Waals surface area contributed by atoms with E-state index in [0.717, 1.165) is 25.2 Å². The van der Waals surface area contributed by atoms with Crippen molar-refractivity contribution in [1.82, 2.24) is 10.2 Å². The fourth-order valence-corrected chi connectivity index (χ4v) is 2.63. The topological polar surface area (TPSA) is 52.6 Å². The Labute approximate surface area is 120 Å². The predicted octanol–water partition coefficient (Wildman–Crippen LogP) is 1.19. The number of carbonyl (C=O) groups is 1. The maximum absolute atomic E-state index is 11.9. The fraction of sp³-hybridized carbons (Fsp3) is 0.562. The Bertz CT molecular complexity index is 402. The van der Waals surface area contributed by atoms with Crippen molar-refractivity contribution >= 4 is 5.91 Å². The highest BCUT2D eigenvalue weighted by molar-refractivity contribution is 5.76. The van der Waals surface area contributed by atoms with E-state index in [9.17, 15) is 9.90 Å². The van der Waals surface area contributed by atoms with Gasteiger partial charge in [0, 0.05) is 13.0 Å². The summed E-state index contributed by atoms with van der Waals surface area (Å²) in [6.45, 7) is 3.03. The van der Waals surface area contributed by atoms with E-state index in [1.807, 2.05) is 30.3 Å². The third-order valence-corrected chi connectivity index (χ3v) is 3.76. The van der Waals surface area contributed by atoms with E-state index in [2.05, 4.69) is 10.2 Å². The van der Waals surface area contributed by atoms with Crippen molar-refractivity contribution in [2.24, 2.45) is 0 Å². The number of hydrogen-bond acceptors (Lipinski definition) is 3. The SMILES string of the molecule is O=C(CCN1CCCC1)N[C@H](CO)Cc1ccccc1. The number of likely N-dealkylation sites (tertiary alicyclic amines) is 1. The molecule has 1 aromatic rings. The van der Waals surface area contributed by atoms with Crippen LogP contribution in [0.15, 0.2) is 30.3 Å². The Hall–Kier alpha value is -1.39. The molecule has 0 unspecified atom stereocenters. The summed E-state index contributed by atoms with van der Waals surface area (Å²) >= 11 is 0. The van der Waals surface area contributed by atoms with E-state index >= 15 is 0 Å². The number of aliphatic hydroxyl groups is 1. The number of nitrogens with zero attached hydrogens (tertiary/aromatic N) is 1. The number of carbonyl (C=O) groups excluding carboxylic acids is 1. The molecule has 0 aromatic heterocycles. The quantitative estimate of drug-likeness (QED) is 0.786. The summed E-state index contributed by atoms with van der Waals surface area (Å²) in [4.78, 5) is 14.2. The van der Waals surface area contributed by atoms with Crippen LogP contribution in [0.2, 0.25) is 0 Å². The minimum atomic E-state index is -0.191. The largest absolute Gasteiger partial charge is 0.394 e. The molecule has 0 radical (unpaired) electrons. The van der Waals surface area contributed by atoms with Gasteiger partial charge in [0.05, 0.1) is 12.6 Å². The molecule has 1 aliphatic heterocycles. The second kappa shape index (κ2) is 8.02. The highest BCUT2D eigenvalue weighted by atomic mass is 16.3. The van der Waals surface area contributed by atoms with Gasteiger partial charge < -0.3 is 15.3 Å². The van der Waals surface area contributed by atoms with Gasteiger partial charge in [0.1, 0.15) is 0 Å². The van der Waals surface area contributed by atoms with E-state index < -0.39 is 0 Å². The lowest BCUT2D eigenvalue weighted by atomic mass is 10.1. The summed E-state index contributed by atoms with van der Waals surface area (Å²) in [6.07, 6.45) is 3.68. The zero-order chi connectivity index (χ0) is 14.2. The first kappa shape index (κ1) is 15.0. The van der Waals surface area contributed by atoms with Crippen LogP contribution in [0.3, 0.4) is 0 Å². The Morgan fingerprint density at radius 1 is 1.25 bits per heavy atom. The van der Waals surface area contributed by atoms with Crippen LogP contribution in [-0.4, -0.2) is 48.2 Å². The molecule has 2 rings (SSSR count). The number of rotatable bonds is 7. The van der Waals surface area contributed by atoms with Crippen molar-refractivity contribution in [2.45, 2.75) is 31.7 Å². The minimum absolute atomic E-state index is 0.0235. The van der Waals surface area contributed by atoms with E-state index in [1.165, 1.54) is 12.8 Å². The van der Waals surface area contributed by atoms with Gasteiger partial charge in [0.25, 0.3) is 0 Å². The van der Waals surface area contributed by atoms with Gasteiger partial charge in [-0.15, -0.1) is 0 Å². The fourth-order valence-electron chi connectivity index (χ4n) is 2.63. The molecule has 0 saturated carbocycles. The zero-order valence-corrected chi connectivity index (χ0v) is 11.9. The average molecular weight is 276 g/mol. The number of amides is 1. The molecular weight excluding hydrogens is 252 g/mol. The normalized spacial score (nSPS) is 17.1. The van der Waals surface area contributed by atoms with Crippen LogP contribution >= 0.6 is 0 Å². The van der Waals surface area contributed by atoms with Crippen molar-refractivity contribution in [3.05, 3.63) is 35.9 Å². The van der Waals surface area contributed by atoms with Crippen LogP contribution < -0.4 is 5.32 Å². The van der Waals surface area contributed by atoms with E-state index in [1.54, 1.807) is 0 Å². The zero-order valence-electron chi connectivity index (χ0n) is 11.9. The van der Waals surface area contributed by atoms with E-state index in [4.69, 9.17) is 0 Å². The summed E-state index contributed by atoms with van der Waals surface area (Å²) in [6, 6.07) is 9.74. The second-order valence-corrected chi connectivity index (χ2v) is 5.44. The second-order valence-electron chi connectivity index (χ2n) is 5.44. The van der Waals surface area contributed by atoms with Crippen LogP contribution in [0.25, 0.3) is 0 Å². The molecular formula is C16H24N2O2. The van der Waals surface area contributed by atoms with Gasteiger partial charge in [0.15, 0.2) is 0 Å². The molecule has 0 spiro atoms. The first-order chi connectivity index (χ1) is 9.78. The molecule has 0 aliphatic carbocycles. The maximum atomic E-state index is 11.9. The lowest BCUT2D eigenvalue weighted by Crippen LogP contribution is -2.40. The third-order valence-electron chi connectivity index (χ3n) is 3.76. The molecule has 1 heterocycles. The predicted molar refractivity (Wildman–Crippen MR) is 79.5 cm³/mol. The van der Waals surface area contributed by atoms with Crippen molar-refractivity contribution in [3.8, 4) is 0 Å². The Morgan fingerprint density at radius 2 is 1.95 bits per heavy atom. The van der Waals surface area contributed by atoms with Crippen molar-refractivity contribution in [1.29, 1.82) is 0 Å². The monoisotopic (exact) mass is 276 g/mol. The summed E-state index contributed by atoms with van der Waals surface area (Å²) < 4.78 is 0. The van der Waals surface area contributed by atoms with Crippen molar-refractivity contribution in [3.63, 3.8) is 0 Å². The number of nitrogens with one attached hydrogen (secondary N) is 1. The van der Waals surface area contributed by atoms with Gasteiger partial charge in [-0.2, -0.15) is 0 Å². The summed E-state index contributed by atoms with van der Waals surface area (Å²) in [5.41, 5.74) is 1.13. The van der Waals surface area contributed by atoms with Crippen LogP contribution in [0, 0.1) is 0 Å². The molecule has 4 nitrogen and oxygen atoms in total.